The standard InChI is InChI=1S/C22H16F2N2O5S/c1-30-17-9-12(8-15(24)19(17)27)10-18-20(28)26-11-16(25-22(26)32-18)13-2-4-14(5-3-13)21(29)31-7-6-23/h2-5,8-11,27H,6-7H2,1H3/b18-10-. The number of phenolic OH excluding ortho intramolecular Hbond substituents is 1. The van der Waals surface area contributed by atoms with Crippen LogP contribution in [0.1, 0.15) is 15.9 Å². The normalized spacial score (nSPS) is 11.8. The Morgan fingerprint density at radius 1 is 1.28 bits per heavy atom. The van der Waals surface area contributed by atoms with Crippen LogP contribution in [0, 0.1) is 5.82 Å². The summed E-state index contributed by atoms with van der Waals surface area (Å²) in [6.45, 7) is -1.05. The minimum Gasteiger partial charge on any atom is -0.502 e. The number of carbonyl (C=O) groups is 1. The van der Waals surface area contributed by atoms with Crippen LogP contribution in [-0.2, 0) is 4.74 Å². The van der Waals surface area contributed by atoms with Gasteiger partial charge >= 0.3 is 5.97 Å². The maximum Gasteiger partial charge on any atom is 0.338 e. The van der Waals surface area contributed by atoms with E-state index < -0.39 is 24.2 Å². The molecule has 10 heteroatoms. The summed E-state index contributed by atoms with van der Waals surface area (Å²) in [5.74, 6) is -2.11. The smallest absolute Gasteiger partial charge is 0.338 e. The molecule has 0 saturated carbocycles. The first-order valence-electron chi connectivity index (χ1n) is 9.35. The molecule has 0 aliphatic heterocycles. The van der Waals surface area contributed by atoms with E-state index in [0.29, 0.717) is 26.3 Å². The van der Waals surface area contributed by atoms with Crippen LogP contribution in [0.3, 0.4) is 0 Å². The summed E-state index contributed by atoms with van der Waals surface area (Å²) < 4.78 is 37.4. The average molecular weight is 458 g/mol. The van der Waals surface area contributed by atoms with Crippen molar-refractivity contribution in [3.05, 3.63) is 74.4 Å². The number of aromatic hydroxyl groups is 1. The second-order valence-corrected chi connectivity index (χ2v) is 7.66. The van der Waals surface area contributed by atoms with Crippen LogP contribution >= 0.6 is 11.3 Å². The summed E-state index contributed by atoms with van der Waals surface area (Å²) in [6, 6.07) is 8.90. The lowest BCUT2D eigenvalue weighted by Crippen LogP contribution is -2.22. The highest BCUT2D eigenvalue weighted by molar-refractivity contribution is 7.15. The number of halogens is 2. The number of carbonyl (C=O) groups excluding carboxylic acids is 1. The van der Waals surface area contributed by atoms with Gasteiger partial charge in [-0.3, -0.25) is 9.20 Å². The van der Waals surface area contributed by atoms with Crippen LogP contribution in [0.15, 0.2) is 47.4 Å². The third-order valence-corrected chi connectivity index (χ3v) is 5.58. The van der Waals surface area contributed by atoms with E-state index in [2.05, 4.69) is 4.98 Å². The van der Waals surface area contributed by atoms with Gasteiger partial charge in [0.1, 0.15) is 13.3 Å². The fourth-order valence-electron chi connectivity index (χ4n) is 3.05. The Morgan fingerprint density at radius 2 is 2.03 bits per heavy atom. The number of fused-ring (bicyclic) bond motifs is 1. The second kappa shape index (κ2) is 8.75. The molecule has 0 aliphatic rings. The molecule has 2 aromatic carbocycles. The highest BCUT2D eigenvalue weighted by atomic mass is 32.1. The molecular weight excluding hydrogens is 442 g/mol. The Labute approximate surface area is 183 Å². The van der Waals surface area contributed by atoms with Crippen molar-refractivity contribution >= 4 is 28.3 Å². The lowest BCUT2D eigenvalue weighted by Gasteiger charge is -2.04. The topological polar surface area (TPSA) is 90.1 Å². The van der Waals surface area contributed by atoms with Gasteiger partial charge in [-0.2, -0.15) is 0 Å². The molecule has 2 heterocycles. The lowest BCUT2D eigenvalue weighted by molar-refractivity contribution is 0.0481. The molecule has 0 fully saturated rings. The van der Waals surface area contributed by atoms with Gasteiger partial charge in [-0.05, 0) is 35.9 Å². The number of alkyl halides is 1. The zero-order chi connectivity index (χ0) is 22.8. The van der Waals surface area contributed by atoms with E-state index >= 15 is 0 Å². The van der Waals surface area contributed by atoms with E-state index in [9.17, 15) is 23.5 Å². The van der Waals surface area contributed by atoms with Gasteiger partial charge in [-0.15, -0.1) is 0 Å². The Kier molecular flexibility index (Phi) is 5.87. The van der Waals surface area contributed by atoms with Crippen molar-refractivity contribution in [2.45, 2.75) is 0 Å². The number of rotatable bonds is 6. The summed E-state index contributed by atoms with van der Waals surface area (Å²) >= 11 is 1.12. The number of benzene rings is 2. The number of imidazole rings is 1. The summed E-state index contributed by atoms with van der Waals surface area (Å²) in [6.07, 6.45) is 3.06. The molecule has 0 amide bonds. The fourth-order valence-corrected chi connectivity index (χ4v) is 4.00. The zero-order valence-corrected chi connectivity index (χ0v) is 17.5. The van der Waals surface area contributed by atoms with E-state index in [4.69, 9.17) is 9.47 Å². The molecule has 0 unspecified atom stereocenters. The third-order valence-electron chi connectivity index (χ3n) is 4.60. The Balaban J connectivity index is 1.65. The molecule has 0 aliphatic carbocycles. The number of phenols is 1. The summed E-state index contributed by atoms with van der Waals surface area (Å²) in [5, 5.41) is 9.62. The Bertz CT molecular complexity index is 1410. The minimum atomic E-state index is -0.858. The number of ether oxygens (including phenoxy) is 2. The summed E-state index contributed by atoms with van der Waals surface area (Å²) in [7, 11) is 1.30. The molecular formula is C22H16F2N2O5S. The van der Waals surface area contributed by atoms with Crippen molar-refractivity contribution in [2.24, 2.45) is 0 Å². The van der Waals surface area contributed by atoms with Gasteiger partial charge in [0.15, 0.2) is 22.3 Å². The Hall–Kier alpha value is -3.79. The maximum absolute atomic E-state index is 13.9. The molecule has 2 aromatic heterocycles. The number of hydrogen-bond acceptors (Lipinski definition) is 7. The van der Waals surface area contributed by atoms with Crippen molar-refractivity contribution in [1.82, 2.24) is 9.38 Å². The largest absolute Gasteiger partial charge is 0.502 e. The molecule has 0 saturated heterocycles. The predicted molar refractivity (Wildman–Crippen MR) is 114 cm³/mol. The third kappa shape index (κ3) is 4.04. The van der Waals surface area contributed by atoms with Gasteiger partial charge in [0.05, 0.1) is 22.9 Å². The van der Waals surface area contributed by atoms with Crippen molar-refractivity contribution in [3.8, 4) is 22.8 Å². The molecule has 32 heavy (non-hydrogen) atoms. The van der Waals surface area contributed by atoms with E-state index in [1.165, 1.54) is 35.8 Å². The molecule has 1 N–H and O–H groups in total. The van der Waals surface area contributed by atoms with Gasteiger partial charge in [-0.1, -0.05) is 23.5 Å². The molecule has 164 valence electrons. The number of nitrogens with zero attached hydrogens (tertiary/aromatic N) is 2. The number of methoxy groups -OCH3 is 1. The Morgan fingerprint density at radius 3 is 2.69 bits per heavy atom. The molecule has 0 spiro atoms. The van der Waals surface area contributed by atoms with Crippen LogP contribution in [-0.4, -0.2) is 40.9 Å². The maximum atomic E-state index is 13.9. The lowest BCUT2D eigenvalue weighted by atomic mass is 10.1. The van der Waals surface area contributed by atoms with Crippen LogP contribution in [0.4, 0.5) is 8.78 Å². The van der Waals surface area contributed by atoms with Crippen LogP contribution in [0.2, 0.25) is 0 Å². The van der Waals surface area contributed by atoms with Crippen molar-refractivity contribution < 1.29 is 28.2 Å². The molecule has 0 radical (unpaired) electrons. The van der Waals surface area contributed by atoms with E-state index in [-0.39, 0.29) is 23.5 Å². The minimum absolute atomic E-state index is 0.0376. The van der Waals surface area contributed by atoms with Gasteiger partial charge in [-0.25, -0.2) is 18.6 Å². The summed E-state index contributed by atoms with van der Waals surface area (Å²) in [4.78, 5) is 29.4. The number of aromatic nitrogens is 2. The highest BCUT2D eigenvalue weighted by Crippen LogP contribution is 2.30. The first-order chi connectivity index (χ1) is 15.4. The molecule has 0 atom stereocenters. The van der Waals surface area contributed by atoms with Crippen LogP contribution in [0.25, 0.3) is 22.3 Å². The van der Waals surface area contributed by atoms with Gasteiger partial charge in [0.2, 0.25) is 0 Å². The first-order valence-corrected chi connectivity index (χ1v) is 10.2. The molecule has 4 aromatic rings. The zero-order valence-electron chi connectivity index (χ0n) is 16.7. The second-order valence-electron chi connectivity index (χ2n) is 6.65. The monoisotopic (exact) mass is 458 g/mol. The van der Waals surface area contributed by atoms with E-state index in [1.54, 1.807) is 18.3 Å². The quantitative estimate of drug-likeness (QED) is 0.447. The van der Waals surface area contributed by atoms with Crippen LogP contribution in [0.5, 0.6) is 11.5 Å². The predicted octanol–water partition coefficient (Wildman–Crippen LogP) is 2.95. The molecule has 0 bridgehead atoms. The molecule has 7 nitrogen and oxygen atoms in total. The van der Waals surface area contributed by atoms with Crippen molar-refractivity contribution in [2.75, 3.05) is 20.4 Å². The van der Waals surface area contributed by atoms with Gasteiger partial charge < -0.3 is 14.6 Å². The van der Waals surface area contributed by atoms with Crippen molar-refractivity contribution in [3.63, 3.8) is 0 Å². The first kappa shape index (κ1) is 21.4. The van der Waals surface area contributed by atoms with Gasteiger partial charge in [0.25, 0.3) is 5.56 Å². The van der Waals surface area contributed by atoms with E-state index in [1.807, 2.05) is 0 Å². The number of hydrogen-bond donors (Lipinski definition) is 1. The number of esters is 1. The molecule has 4 rings (SSSR count). The van der Waals surface area contributed by atoms with E-state index in [0.717, 1.165) is 17.4 Å². The van der Waals surface area contributed by atoms with Gasteiger partial charge in [0, 0.05) is 11.8 Å². The summed E-state index contributed by atoms with van der Waals surface area (Å²) in [5.41, 5.74) is 1.51. The van der Waals surface area contributed by atoms with Crippen molar-refractivity contribution in [1.29, 1.82) is 0 Å². The average Bonchev–Trinajstić information content (AvgIpc) is 3.34. The highest BCUT2D eigenvalue weighted by Gasteiger charge is 2.13. The SMILES string of the molecule is COc1cc(/C=c2\sc3nc(-c4ccc(C(=O)OCCF)cc4)cn3c2=O)cc(F)c1O. The fraction of sp³-hybridized carbons (Fsp3) is 0.136. The van der Waals surface area contributed by atoms with Crippen LogP contribution < -0.4 is 14.8 Å². The number of thiazole rings is 1.